The van der Waals surface area contributed by atoms with Gasteiger partial charge in [-0.3, -0.25) is 0 Å². The lowest BCUT2D eigenvalue weighted by Crippen LogP contribution is -2.12. The van der Waals surface area contributed by atoms with E-state index in [0.717, 1.165) is 0 Å². The van der Waals surface area contributed by atoms with Crippen molar-refractivity contribution < 1.29 is 0 Å². The molecule has 0 aliphatic rings. The van der Waals surface area contributed by atoms with E-state index in [-0.39, 0.29) is 0 Å². The van der Waals surface area contributed by atoms with Gasteiger partial charge >= 0.3 is 0 Å². The molecule has 0 bridgehead atoms. The van der Waals surface area contributed by atoms with Crippen LogP contribution in [-0.2, 0) is 0 Å². The Morgan fingerprint density at radius 2 is 1.58 bits per heavy atom. The lowest BCUT2D eigenvalue weighted by Gasteiger charge is -2.25. The van der Waals surface area contributed by atoms with Gasteiger partial charge in [0.1, 0.15) is 0 Å². The smallest absolute Gasteiger partial charge is 0.0407 e. The molecule has 0 radical (unpaired) electrons. The Bertz CT molecular complexity index is 233. The molecule has 66 valence electrons. The Morgan fingerprint density at radius 3 is 2.00 bits per heavy atom. The van der Waals surface area contributed by atoms with Crippen LogP contribution < -0.4 is 0 Å². The molecule has 0 nitrogen and oxygen atoms in total. The third-order valence-corrected chi connectivity index (χ3v) is 4.44. The number of hydrogen-bond acceptors (Lipinski definition) is 0. The van der Waals surface area contributed by atoms with Crippen molar-refractivity contribution in [2.75, 3.05) is 0 Å². The zero-order valence-corrected chi connectivity index (χ0v) is 10.00. The predicted molar refractivity (Wildman–Crippen MR) is 62.7 cm³/mol. The van der Waals surface area contributed by atoms with E-state index in [1.165, 1.54) is 5.56 Å². The molecular weight excluding hydrogens is 259 g/mol. The molecule has 1 aromatic rings. The number of benzene rings is 1. The molecule has 0 saturated carbocycles. The molecule has 1 unspecified atom stereocenters. The number of hydrogen-bond donors (Lipinski definition) is 0. The fourth-order valence-corrected chi connectivity index (χ4v) is 1.54. The first-order chi connectivity index (χ1) is 5.52. The molecule has 0 heterocycles. The van der Waals surface area contributed by atoms with Crippen molar-refractivity contribution in [1.29, 1.82) is 0 Å². The molecule has 1 rings (SSSR count). The van der Waals surface area contributed by atoms with Crippen LogP contribution in [0.3, 0.4) is 0 Å². The minimum atomic E-state index is 0.349. The van der Waals surface area contributed by atoms with E-state index in [2.05, 4.69) is 73.7 Å². The van der Waals surface area contributed by atoms with Gasteiger partial charge in [-0.05, 0) is 11.0 Å². The molecular formula is C11H15I. The normalized spacial score (nSPS) is 14.3. The maximum atomic E-state index is 2.51. The van der Waals surface area contributed by atoms with Crippen LogP contribution in [0.15, 0.2) is 30.3 Å². The second-order valence-electron chi connectivity index (χ2n) is 4.14. The summed E-state index contributed by atoms with van der Waals surface area (Å²) < 4.78 is 0.594. The highest BCUT2D eigenvalue weighted by Crippen LogP contribution is 2.40. The summed E-state index contributed by atoms with van der Waals surface area (Å²) in [7, 11) is 0. The maximum Gasteiger partial charge on any atom is 0.0407 e. The Balaban J connectivity index is 2.86. The van der Waals surface area contributed by atoms with E-state index in [1.54, 1.807) is 0 Å². The van der Waals surface area contributed by atoms with Crippen molar-refractivity contribution in [3.63, 3.8) is 0 Å². The molecule has 0 aliphatic heterocycles. The summed E-state index contributed by atoms with van der Waals surface area (Å²) >= 11 is 2.51. The first-order valence-corrected chi connectivity index (χ1v) is 5.45. The standard InChI is InChI=1S/C11H15I/c1-11(2,3)10(12)9-7-5-4-6-8-9/h4-8,10H,1-3H3. The topological polar surface area (TPSA) is 0 Å². The SMILES string of the molecule is CC(C)(C)C(I)c1ccccc1. The van der Waals surface area contributed by atoms with Crippen molar-refractivity contribution in [3.8, 4) is 0 Å². The maximum absolute atomic E-state index is 2.51. The van der Waals surface area contributed by atoms with Gasteiger partial charge in [-0.25, -0.2) is 0 Å². The lowest BCUT2D eigenvalue weighted by atomic mass is 9.88. The van der Waals surface area contributed by atoms with Gasteiger partial charge in [-0.1, -0.05) is 73.7 Å². The van der Waals surface area contributed by atoms with Crippen LogP contribution in [0.5, 0.6) is 0 Å². The molecule has 0 saturated heterocycles. The molecule has 0 fully saturated rings. The van der Waals surface area contributed by atoms with Gasteiger partial charge in [0.15, 0.2) is 0 Å². The van der Waals surface area contributed by atoms with E-state index in [0.29, 0.717) is 9.34 Å². The highest BCUT2D eigenvalue weighted by atomic mass is 127. The number of halogens is 1. The summed E-state index contributed by atoms with van der Waals surface area (Å²) in [6.07, 6.45) is 0. The second-order valence-corrected chi connectivity index (χ2v) is 5.38. The molecule has 0 amide bonds. The fourth-order valence-electron chi connectivity index (χ4n) is 1.12. The monoisotopic (exact) mass is 274 g/mol. The largest absolute Gasteiger partial charge is 0.0768 e. The molecule has 0 spiro atoms. The van der Waals surface area contributed by atoms with Crippen molar-refractivity contribution in [3.05, 3.63) is 35.9 Å². The third-order valence-electron chi connectivity index (χ3n) is 1.85. The number of alkyl halides is 1. The van der Waals surface area contributed by atoms with Crippen LogP contribution in [0.2, 0.25) is 0 Å². The van der Waals surface area contributed by atoms with Crippen molar-refractivity contribution in [2.24, 2.45) is 5.41 Å². The first kappa shape index (κ1) is 10.0. The van der Waals surface area contributed by atoms with Gasteiger partial charge in [-0.15, -0.1) is 0 Å². The average Bonchev–Trinajstić information content (AvgIpc) is 2.03. The quantitative estimate of drug-likeness (QED) is 0.531. The van der Waals surface area contributed by atoms with Gasteiger partial charge in [-0.2, -0.15) is 0 Å². The molecule has 1 aromatic carbocycles. The van der Waals surface area contributed by atoms with E-state index in [9.17, 15) is 0 Å². The lowest BCUT2D eigenvalue weighted by molar-refractivity contribution is 0.414. The minimum Gasteiger partial charge on any atom is -0.0768 e. The highest BCUT2D eigenvalue weighted by Gasteiger charge is 2.22. The number of rotatable bonds is 1. The fraction of sp³-hybridized carbons (Fsp3) is 0.455. The van der Waals surface area contributed by atoms with Gasteiger partial charge in [0.05, 0.1) is 0 Å². The van der Waals surface area contributed by atoms with E-state index >= 15 is 0 Å². The summed E-state index contributed by atoms with van der Waals surface area (Å²) in [5.74, 6) is 0. The van der Waals surface area contributed by atoms with Crippen molar-refractivity contribution >= 4 is 22.6 Å². The highest BCUT2D eigenvalue weighted by molar-refractivity contribution is 14.1. The van der Waals surface area contributed by atoms with Crippen LogP contribution in [0.25, 0.3) is 0 Å². The minimum absolute atomic E-state index is 0.349. The van der Waals surface area contributed by atoms with E-state index in [4.69, 9.17) is 0 Å². The van der Waals surface area contributed by atoms with Crippen molar-refractivity contribution in [1.82, 2.24) is 0 Å². The first-order valence-electron chi connectivity index (χ1n) is 4.21. The van der Waals surface area contributed by atoms with Crippen LogP contribution in [0.1, 0.15) is 30.3 Å². The predicted octanol–water partition coefficient (Wildman–Crippen LogP) is 4.21. The van der Waals surface area contributed by atoms with E-state index in [1.807, 2.05) is 0 Å². The van der Waals surface area contributed by atoms with Crippen LogP contribution in [0.4, 0.5) is 0 Å². The van der Waals surface area contributed by atoms with Gasteiger partial charge < -0.3 is 0 Å². The molecule has 0 N–H and O–H groups in total. The Hall–Kier alpha value is -0.0500. The van der Waals surface area contributed by atoms with E-state index < -0.39 is 0 Å². The molecule has 1 atom stereocenters. The molecule has 12 heavy (non-hydrogen) atoms. The summed E-state index contributed by atoms with van der Waals surface area (Å²) in [6, 6.07) is 10.7. The second kappa shape index (κ2) is 3.77. The van der Waals surface area contributed by atoms with Gasteiger partial charge in [0.2, 0.25) is 0 Å². The van der Waals surface area contributed by atoms with Gasteiger partial charge in [0.25, 0.3) is 0 Å². The summed E-state index contributed by atoms with van der Waals surface area (Å²) in [5, 5.41) is 0. The van der Waals surface area contributed by atoms with Gasteiger partial charge in [0, 0.05) is 3.92 Å². The zero-order valence-electron chi connectivity index (χ0n) is 7.84. The summed E-state index contributed by atoms with van der Waals surface area (Å²) in [4.78, 5) is 0. The Labute approximate surface area is 88.5 Å². The Kier molecular flexibility index (Phi) is 3.16. The van der Waals surface area contributed by atoms with Crippen LogP contribution in [-0.4, -0.2) is 0 Å². The third kappa shape index (κ3) is 2.47. The molecule has 0 aromatic heterocycles. The summed E-state index contributed by atoms with van der Waals surface area (Å²) in [6.45, 7) is 6.82. The Morgan fingerprint density at radius 1 is 1.08 bits per heavy atom. The molecule has 1 heteroatoms. The molecule has 0 aliphatic carbocycles. The average molecular weight is 274 g/mol. The summed E-state index contributed by atoms with van der Waals surface area (Å²) in [5.41, 5.74) is 1.77. The zero-order chi connectivity index (χ0) is 9.19. The van der Waals surface area contributed by atoms with Crippen LogP contribution >= 0.6 is 22.6 Å². The van der Waals surface area contributed by atoms with Crippen LogP contribution in [0, 0.1) is 5.41 Å². The van der Waals surface area contributed by atoms with Crippen molar-refractivity contribution in [2.45, 2.75) is 24.7 Å².